The minimum atomic E-state index is -1.35. The Balaban J connectivity index is 3.16. The van der Waals surface area contributed by atoms with Gasteiger partial charge < -0.3 is 42.2 Å². The molecule has 4 atom stereocenters. The lowest BCUT2D eigenvalue weighted by atomic mass is 10.0. The van der Waals surface area contributed by atoms with Crippen LogP contribution in [0.15, 0.2) is 24.3 Å². The van der Waals surface area contributed by atoms with Crippen LogP contribution in [0.5, 0.6) is 0 Å². The number of hydrogen-bond acceptors (Lipinski definition) is 12. The predicted octanol–water partition coefficient (Wildman–Crippen LogP) is 0.829. The number of nitrogens with zero attached hydrogens (tertiary/aromatic N) is 1. The van der Waals surface area contributed by atoms with Crippen molar-refractivity contribution in [3.63, 3.8) is 0 Å². The van der Waals surface area contributed by atoms with Crippen LogP contribution in [0.1, 0.15) is 65.2 Å². The third-order valence-electron chi connectivity index (χ3n) is 7.50. The number of carbonyl (C=O) groups is 7. The van der Waals surface area contributed by atoms with Gasteiger partial charge >= 0.3 is 11.9 Å². The van der Waals surface area contributed by atoms with Gasteiger partial charge in [0, 0.05) is 30.7 Å². The number of benzene rings is 1. The maximum absolute atomic E-state index is 13.6. The van der Waals surface area contributed by atoms with Crippen LogP contribution >= 0.6 is 11.8 Å². The second kappa shape index (κ2) is 23.6. The number of nitrogens with two attached hydrogens (primary N) is 1. The Morgan fingerprint density at radius 3 is 1.96 bits per heavy atom. The maximum atomic E-state index is 13.6. The molecular weight excluding hydrogens is 690 g/mol. The molecule has 5 amide bonds. The highest BCUT2D eigenvalue weighted by molar-refractivity contribution is 7.98. The van der Waals surface area contributed by atoms with Crippen LogP contribution < -0.4 is 32.3 Å². The molecule has 1 rings (SSSR count). The number of thioether (sulfide) groups is 1. The van der Waals surface area contributed by atoms with E-state index in [0.717, 1.165) is 7.11 Å². The van der Waals surface area contributed by atoms with Crippen molar-refractivity contribution in [2.75, 3.05) is 31.0 Å². The van der Waals surface area contributed by atoms with E-state index in [0.29, 0.717) is 25.1 Å². The van der Waals surface area contributed by atoms with Crippen LogP contribution in [-0.2, 0) is 38.3 Å². The van der Waals surface area contributed by atoms with Crippen molar-refractivity contribution in [2.45, 2.75) is 89.4 Å². The summed E-state index contributed by atoms with van der Waals surface area (Å²) < 4.78 is 4.51. The van der Waals surface area contributed by atoms with Crippen molar-refractivity contribution in [3.8, 4) is 0 Å². The standard InChI is InChI=1S/C32H49N7O11S/c1-19(2)28(38-31(46)23(12-14-26(41)42)35-25(40)13-15-27(43)50-3)32(47)37-22(7-5-6-17-33)30(45)36-24(16-18-51-4)29(44)34-20-8-10-21(11-9-20)39(48)49/h8-11,19,22-24,28H,5-7,12-18,33H2,1-4H3,(H,34,44)(H,35,40)(H,36,45)(H,37,47)(H,38,46)(H,41,42)/t22-,23+,24+,28-/m0/s1. The van der Waals surface area contributed by atoms with E-state index < -0.39 is 82.9 Å². The fourth-order valence-electron chi connectivity index (χ4n) is 4.61. The zero-order valence-electron chi connectivity index (χ0n) is 29.2. The minimum absolute atomic E-state index is 0.143. The molecule has 0 heterocycles. The van der Waals surface area contributed by atoms with E-state index >= 15 is 0 Å². The Kier molecular flexibility index (Phi) is 20.5. The lowest BCUT2D eigenvalue weighted by Crippen LogP contribution is -2.59. The molecule has 0 saturated carbocycles. The SMILES string of the molecule is COC(=O)CCC(=O)N[C@H](CCC(=O)O)C(=O)N[C@H](C(=O)N[C@@H](CCCCN)C(=O)N[C@H](CCSC)C(=O)Nc1ccc([N+](=O)[O-])cc1)C(C)C. The van der Waals surface area contributed by atoms with E-state index in [4.69, 9.17) is 10.8 Å². The average Bonchev–Trinajstić information content (AvgIpc) is 3.08. The van der Waals surface area contributed by atoms with Crippen LogP contribution in [0, 0.1) is 16.0 Å². The van der Waals surface area contributed by atoms with E-state index in [2.05, 4.69) is 31.3 Å². The molecule has 0 spiro atoms. The third-order valence-corrected chi connectivity index (χ3v) is 8.14. The number of unbranched alkanes of at least 4 members (excludes halogenated alkanes) is 1. The Labute approximate surface area is 300 Å². The van der Waals surface area contributed by atoms with E-state index in [9.17, 15) is 43.7 Å². The average molecular weight is 740 g/mol. The Morgan fingerprint density at radius 2 is 1.41 bits per heavy atom. The molecular formula is C32H49N7O11S. The highest BCUT2D eigenvalue weighted by Crippen LogP contribution is 2.16. The maximum Gasteiger partial charge on any atom is 0.306 e. The Hall–Kier alpha value is -4.78. The summed E-state index contributed by atoms with van der Waals surface area (Å²) in [5.41, 5.74) is 5.75. The van der Waals surface area contributed by atoms with E-state index in [1.807, 2.05) is 6.26 Å². The number of esters is 1. The van der Waals surface area contributed by atoms with Crippen LogP contribution in [0.2, 0.25) is 0 Å². The van der Waals surface area contributed by atoms with Gasteiger partial charge in [-0.3, -0.25) is 43.7 Å². The first-order valence-corrected chi connectivity index (χ1v) is 17.8. The number of aliphatic carboxylic acids is 1. The normalized spacial score (nSPS) is 13.1. The highest BCUT2D eigenvalue weighted by atomic mass is 32.2. The lowest BCUT2D eigenvalue weighted by Gasteiger charge is -2.28. The number of rotatable bonds is 24. The minimum Gasteiger partial charge on any atom is -0.481 e. The van der Waals surface area contributed by atoms with Gasteiger partial charge in [-0.05, 0) is 68.7 Å². The molecule has 0 aliphatic heterocycles. The smallest absolute Gasteiger partial charge is 0.306 e. The quantitative estimate of drug-likeness (QED) is 0.0335. The van der Waals surface area contributed by atoms with E-state index in [-0.39, 0.29) is 43.5 Å². The zero-order valence-corrected chi connectivity index (χ0v) is 30.0. The predicted molar refractivity (Wildman–Crippen MR) is 188 cm³/mol. The number of hydrogen-bond donors (Lipinski definition) is 7. The topological polar surface area (TPSA) is 278 Å². The van der Waals surface area contributed by atoms with Gasteiger partial charge in [-0.15, -0.1) is 0 Å². The molecule has 0 aromatic heterocycles. The molecule has 0 aliphatic carbocycles. The molecule has 0 bridgehead atoms. The molecule has 8 N–H and O–H groups in total. The van der Waals surface area contributed by atoms with Gasteiger partial charge in [-0.25, -0.2) is 0 Å². The summed E-state index contributed by atoms with van der Waals surface area (Å²) in [6, 6.07) is 0.422. The summed E-state index contributed by atoms with van der Waals surface area (Å²) in [7, 11) is 1.15. The van der Waals surface area contributed by atoms with Gasteiger partial charge in [0.05, 0.1) is 18.5 Å². The van der Waals surface area contributed by atoms with Gasteiger partial charge in [0.25, 0.3) is 5.69 Å². The van der Waals surface area contributed by atoms with Crippen molar-refractivity contribution in [2.24, 2.45) is 11.7 Å². The largest absolute Gasteiger partial charge is 0.481 e. The van der Waals surface area contributed by atoms with E-state index in [1.165, 1.54) is 36.0 Å². The van der Waals surface area contributed by atoms with Crippen LogP contribution in [0.4, 0.5) is 11.4 Å². The monoisotopic (exact) mass is 739 g/mol. The number of carbonyl (C=O) groups excluding carboxylic acids is 6. The zero-order chi connectivity index (χ0) is 38.5. The summed E-state index contributed by atoms with van der Waals surface area (Å²) in [5.74, 6) is -5.45. The molecule has 0 unspecified atom stereocenters. The summed E-state index contributed by atoms with van der Waals surface area (Å²) in [6.07, 6.45) is 1.79. The lowest BCUT2D eigenvalue weighted by molar-refractivity contribution is -0.384. The van der Waals surface area contributed by atoms with Gasteiger partial charge in [-0.1, -0.05) is 13.8 Å². The van der Waals surface area contributed by atoms with E-state index in [1.54, 1.807) is 13.8 Å². The molecule has 51 heavy (non-hydrogen) atoms. The molecule has 1 aromatic rings. The first kappa shape index (κ1) is 44.2. The fourth-order valence-corrected chi connectivity index (χ4v) is 5.08. The fraction of sp³-hybridized carbons (Fsp3) is 0.594. The Morgan fingerprint density at radius 1 is 0.824 bits per heavy atom. The third kappa shape index (κ3) is 17.1. The molecule has 0 fully saturated rings. The highest BCUT2D eigenvalue weighted by Gasteiger charge is 2.33. The first-order valence-electron chi connectivity index (χ1n) is 16.4. The van der Waals surface area contributed by atoms with Crippen LogP contribution in [0.3, 0.4) is 0 Å². The summed E-state index contributed by atoms with van der Waals surface area (Å²) >= 11 is 1.44. The molecule has 18 nitrogen and oxygen atoms in total. The number of methoxy groups -OCH3 is 1. The van der Waals surface area contributed by atoms with Crippen molar-refractivity contribution in [1.29, 1.82) is 0 Å². The number of nitro groups is 1. The van der Waals surface area contributed by atoms with Crippen molar-refractivity contribution in [3.05, 3.63) is 34.4 Å². The molecule has 0 saturated heterocycles. The number of non-ortho nitro benzene ring substituents is 1. The van der Waals surface area contributed by atoms with Gasteiger partial charge in [0.2, 0.25) is 29.5 Å². The van der Waals surface area contributed by atoms with Gasteiger partial charge in [0.1, 0.15) is 24.2 Å². The molecule has 0 radical (unpaired) electrons. The number of nitrogens with one attached hydrogen (secondary N) is 5. The molecule has 284 valence electrons. The van der Waals surface area contributed by atoms with Crippen LogP contribution in [-0.4, -0.2) is 101 Å². The second-order valence-electron chi connectivity index (χ2n) is 11.8. The second-order valence-corrected chi connectivity index (χ2v) is 12.8. The van der Waals surface area contributed by atoms with Crippen molar-refractivity contribution < 1.29 is 48.3 Å². The number of carboxylic acid groups (broad SMARTS) is 1. The summed E-state index contributed by atoms with van der Waals surface area (Å²) in [6.45, 7) is 3.59. The number of anilines is 1. The van der Waals surface area contributed by atoms with Crippen molar-refractivity contribution in [1.82, 2.24) is 21.3 Å². The summed E-state index contributed by atoms with van der Waals surface area (Å²) in [4.78, 5) is 99.2. The van der Waals surface area contributed by atoms with Crippen LogP contribution in [0.25, 0.3) is 0 Å². The number of amides is 5. The molecule has 1 aromatic carbocycles. The number of nitro benzene ring substituents is 1. The number of ether oxygens (including phenoxy) is 1. The molecule has 19 heteroatoms. The first-order chi connectivity index (χ1) is 24.1. The van der Waals surface area contributed by atoms with Gasteiger partial charge in [0.15, 0.2) is 0 Å². The molecule has 0 aliphatic rings. The van der Waals surface area contributed by atoms with Gasteiger partial charge in [-0.2, -0.15) is 11.8 Å². The number of carboxylic acids is 1. The Bertz CT molecular complexity index is 1360. The summed E-state index contributed by atoms with van der Waals surface area (Å²) in [5, 5.41) is 33.1. The van der Waals surface area contributed by atoms with Crippen molar-refractivity contribution >= 4 is 64.6 Å².